The van der Waals surface area contributed by atoms with Crippen molar-refractivity contribution in [3.63, 3.8) is 0 Å². The van der Waals surface area contributed by atoms with Crippen LogP contribution in [0, 0.1) is 0 Å². The standard InChI is InChI=1S/C25H24N6O3/c1-33-21-9-2-3-10-22(21)34-24-23(26-11-12-27-24)19-7-5-13-30(15-19)25(32)18-6-4-8-20(14-18)31-16-28-29-17-31/h2-4,6,8-12,14,16-17,19H,5,7,13,15H2,1H3. The zero-order chi connectivity index (χ0) is 23.3. The van der Waals surface area contributed by atoms with Crippen molar-refractivity contribution < 1.29 is 14.3 Å². The number of carbonyl (C=O) groups is 1. The van der Waals surface area contributed by atoms with Crippen molar-refractivity contribution in [3.8, 4) is 23.1 Å². The predicted molar refractivity (Wildman–Crippen MR) is 124 cm³/mol. The number of benzene rings is 2. The molecule has 0 spiro atoms. The molecule has 1 fully saturated rings. The van der Waals surface area contributed by atoms with E-state index in [4.69, 9.17) is 9.47 Å². The summed E-state index contributed by atoms with van der Waals surface area (Å²) in [5.41, 5.74) is 2.20. The third-order valence-electron chi connectivity index (χ3n) is 5.87. The molecule has 0 N–H and O–H groups in total. The summed E-state index contributed by atoms with van der Waals surface area (Å²) in [7, 11) is 1.60. The number of rotatable bonds is 6. The summed E-state index contributed by atoms with van der Waals surface area (Å²) >= 11 is 0. The first-order chi connectivity index (χ1) is 16.7. The third kappa shape index (κ3) is 4.45. The normalized spacial score (nSPS) is 15.7. The van der Waals surface area contributed by atoms with Crippen LogP contribution in [0.2, 0.25) is 0 Å². The van der Waals surface area contributed by atoms with Crippen LogP contribution in [0.25, 0.3) is 5.69 Å². The van der Waals surface area contributed by atoms with Crippen LogP contribution >= 0.6 is 0 Å². The number of ether oxygens (including phenoxy) is 2. The fourth-order valence-electron chi connectivity index (χ4n) is 4.20. The molecule has 1 atom stereocenters. The van der Waals surface area contributed by atoms with Crippen molar-refractivity contribution in [2.75, 3.05) is 20.2 Å². The average molecular weight is 457 g/mol. The molecule has 172 valence electrons. The molecule has 0 saturated carbocycles. The molecule has 9 nitrogen and oxygen atoms in total. The second-order valence-electron chi connectivity index (χ2n) is 8.01. The van der Waals surface area contributed by atoms with Crippen LogP contribution in [0.3, 0.4) is 0 Å². The Morgan fingerprint density at radius 2 is 1.79 bits per heavy atom. The molecule has 3 heterocycles. The maximum absolute atomic E-state index is 13.4. The van der Waals surface area contributed by atoms with Gasteiger partial charge in [-0.2, -0.15) is 0 Å². The lowest BCUT2D eigenvalue weighted by Gasteiger charge is -2.33. The zero-order valence-electron chi connectivity index (χ0n) is 18.7. The average Bonchev–Trinajstić information content (AvgIpc) is 3.44. The molecule has 34 heavy (non-hydrogen) atoms. The Balaban J connectivity index is 1.36. The highest BCUT2D eigenvalue weighted by atomic mass is 16.5. The minimum Gasteiger partial charge on any atom is -0.493 e. The van der Waals surface area contributed by atoms with E-state index in [0.717, 1.165) is 24.2 Å². The number of hydrogen-bond acceptors (Lipinski definition) is 7. The van der Waals surface area contributed by atoms with Crippen LogP contribution in [0.4, 0.5) is 0 Å². The fraction of sp³-hybridized carbons (Fsp3) is 0.240. The first-order valence-electron chi connectivity index (χ1n) is 11.1. The van der Waals surface area contributed by atoms with E-state index < -0.39 is 0 Å². The van der Waals surface area contributed by atoms with E-state index in [9.17, 15) is 4.79 Å². The van der Waals surface area contributed by atoms with Gasteiger partial charge in [0.25, 0.3) is 5.91 Å². The number of nitrogens with zero attached hydrogens (tertiary/aromatic N) is 6. The highest BCUT2D eigenvalue weighted by molar-refractivity contribution is 5.94. The largest absolute Gasteiger partial charge is 0.493 e. The van der Waals surface area contributed by atoms with Crippen molar-refractivity contribution in [3.05, 3.63) is 84.8 Å². The number of methoxy groups -OCH3 is 1. The Morgan fingerprint density at radius 3 is 2.62 bits per heavy atom. The third-order valence-corrected chi connectivity index (χ3v) is 5.87. The molecule has 0 radical (unpaired) electrons. The van der Waals surface area contributed by atoms with Crippen LogP contribution in [-0.4, -0.2) is 55.7 Å². The highest BCUT2D eigenvalue weighted by Crippen LogP contribution is 2.36. The summed E-state index contributed by atoms with van der Waals surface area (Å²) in [6, 6.07) is 14.9. The molecule has 2 aromatic carbocycles. The summed E-state index contributed by atoms with van der Waals surface area (Å²) in [6.07, 6.45) is 8.25. The molecule has 0 aliphatic carbocycles. The van der Waals surface area contributed by atoms with Gasteiger partial charge in [-0.25, -0.2) is 4.98 Å². The van der Waals surface area contributed by atoms with Gasteiger partial charge in [0.1, 0.15) is 18.3 Å². The summed E-state index contributed by atoms with van der Waals surface area (Å²) in [4.78, 5) is 24.3. The van der Waals surface area contributed by atoms with Gasteiger partial charge in [0, 0.05) is 42.7 Å². The number of piperidine rings is 1. The number of para-hydroxylation sites is 2. The lowest BCUT2D eigenvalue weighted by atomic mass is 9.94. The summed E-state index contributed by atoms with van der Waals surface area (Å²) < 4.78 is 13.3. The van der Waals surface area contributed by atoms with Crippen molar-refractivity contribution >= 4 is 5.91 Å². The Labute approximate surface area is 197 Å². The predicted octanol–water partition coefficient (Wildman–Crippen LogP) is 3.88. The molecular formula is C25H24N6O3. The van der Waals surface area contributed by atoms with Gasteiger partial charge in [-0.15, -0.1) is 10.2 Å². The molecule has 5 rings (SSSR count). The van der Waals surface area contributed by atoms with Gasteiger partial charge < -0.3 is 14.4 Å². The van der Waals surface area contributed by atoms with Crippen molar-refractivity contribution in [2.24, 2.45) is 0 Å². The van der Waals surface area contributed by atoms with E-state index in [1.54, 1.807) is 36.7 Å². The van der Waals surface area contributed by atoms with E-state index in [2.05, 4.69) is 20.2 Å². The smallest absolute Gasteiger partial charge is 0.253 e. The van der Waals surface area contributed by atoms with Crippen LogP contribution in [-0.2, 0) is 0 Å². The van der Waals surface area contributed by atoms with Gasteiger partial charge in [-0.3, -0.25) is 14.3 Å². The van der Waals surface area contributed by atoms with E-state index in [1.807, 2.05) is 53.4 Å². The van der Waals surface area contributed by atoms with Gasteiger partial charge in [-0.1, -0.05) is 18.2 Å². The first-order valence-corrected chi connectivity index (χ1v) is 11.1. The highest BCUT2D eigenvalue weighted by Gasteiger charge is 2.29. The summed E-state index contributed by atoms with van der Waals surface area (Å²) in [5, 5.41) is 7.68. The monoisotopic (exact) mass is 456 g/mol. The van der Waals surface area contributed by atoms with Gasteiger partial charge in [0.2, 0.25) is 5.88 Å². The van der Waals surface area contributed by atoms with Crippen LogP contribution in [0.1, 0.15) is 34.8 Å². The SMILES string of the molecule is COc1ccccc1Oc1nccnc1C1CCCN(C(=O)c2cccc(-n3cnnc3)c2)C1. The topological polar surface area (TPSA) is 95.3 Å². The lowest BCUT2D eigenvalue weighted by molar-refractivity contribution is 0.0704. The van der Waals surface area contributed by atoms with E-state index in [1.165, 1.54) is 0 Å². The molecule has 9 heteroatoms. The second-order valence-corrected chi connectivity index (χ2v) is 8.01. The van der Waals surface area contributed by atoms with Crippen LogP contribution < -0.4 is 9.47 Å². The Bertz CT molecular complexity index is 1280. The van der Waals surface area contributed by atoms with Crippen LogP contribution in [0.15, 0.2) is 73.6 Å². The molecular weight excluding hydrogens is 432 g/mol. The quantitative estimate of drug-likeness (QED) is 0.434. The fourth-order valence-corrected chi connectivity index (χ4v) is 4.20. The maximum Gasteiger partial charge on any atom is 0.253 e. The molecule has 0 bridgehead atoms. The lowest BCUT2D eigenvalue weighted by Crippen LogP contribution is -2.39. The zero-order valence-corrected chi connectivity index (χ0v) is 18.7. The van der Waals surface area contributed by atoms with E-state index in [-0.39, 0.29) is 11.8 Å². The Morgan fingerprint density at radius 1 is 1.00 bits per heavy atom. The van der Waals surface area contributed by atoms with Gasteiger partial charge in [0.15, 0.2) is 11.5 Å². The molecule has 1 amide bonds. The minimum atomic E-state index is -0.0179. The van der Waals surface area contributed by atoms with E-state index in [0.29, 0.717) is 36.0 Å². The Hall–Kier alpha value is -4.27. The minimum absolute atomic E-state index is 0.0112. The number of aromatic nitrogens is 5. The van der Waals surface area contributed by atoms with Crippen LogP contribution in [0.5, 0.6) is 17.4 Å². The number of carbonyl (C=O) groups excluding carboxylic acids is 1. The van der Waals surface area contributed by atoms with Crippen molar-refractivity contribution in [2.45, 2.75) is 18.8 Å². The molecule has 1 aliphatic heterocycles. The number of likely N-dealkylation sites (tertiary alicyclic amines) is 1. The number of hydrogen-bond donors (Lipinski definition) is 0. The summed E-state index contributed by atoms with van der Waals surface area (Å²) in [5.74, 6) is 1.61. The Kier molecular flexibility index (Phi) is 6.15. The molecule has 1 aliphatic rings. The summed E-state index contributed by atoms with van der Waals surface area (Å²) in [6.45, 7) is 1.23. The first kappa shape index (κ1) is 21.6. The molecule has 2 aromatic heterocycles. The van der Waals surface area contributed by atoms with Gasteiger partial charge in [-0.05, 0) is 43.2 Å². The van der Waals surface area contributed by atoms with Gasteiger partial charge >= 0.3 is 0 Å². The molecule has 1 unspecified atom stereocenters. The number of amides is 1. The van der Waals surface area contributed by atoms with Gasteiger partial charge in [0.05, 0.1) is 7.11 Å². The van der Waals surface area contributed by atoms with Crippen molar-refractivity contribution in [1.82, 2.24) is 29.6 Å². The molecule has 4 aromatic rings. The molecule has 1 saturated heterocycles. The second kappa shape index (κ2) is 9.70. The maximum atomic E-state index is 13.4. The van der Waals surface area contributed by atoms with Crippen molar-refractivity contribution in [1.29, 1.82) is 0 Å². The van der Waals surface area contributed by atoms with E-state index >= 15 is 0 Å².